The van der Waals surface area contributed by atoms with Crippen LogP contribution in [-0.2, 0) is 4.79 Å². The minimum Gasteiger partial charge on any atom is -0.481 e. The highest BCUT2D eigenvalue weighted by Crippen LogP contribution is 2.27. The Bertz CT molecular complexity index is 737. The third kappa shape index (κ3) is 3.67. The molecule has 7 heteroatoms. The second kappa shape index (κ2) is 7.17. The van der Waals surface area contributed by atoms with Crippen LogP contribution >= 0.6 is 11.3 Å². The molecule has 1 aliphatic heterocycles. The molecule has 1 saturated heterocycles. The van der Waals surface area contributed by atoms with E-state index in [1.165, 1.54) is 17.6 Å². The normalized spacial score (nSPS) is 17.9. The van der Waals surface area contributed by atoms with E-state index in [4.69, 9.17) is 9.52 Å². The van der Waals surface area contributed by atoms with E-state index < -0.39 is 5.97 Å². The molecule has 1 aliphatic rings. The summed E-state index contributed by atoms with van der Waals surface area (Å²) in [6.07, 6.45) is 4.89. The van der Waals surface area contributed by atoms with Crippen molar-refractivity contribution in [3.63, 3.8) is 0 Å². The van der Waals surface area contributed by atoms with E-state index in [2.05, 4.69) is 4.98 Å². The van der Waals surface area contributed by atoms with Crippen molar-refractivity contribution in [1.82, 2.24) is 9.88 Å². The molecule has 0 spiro atoms. The molecule has 6 nitrogen and oxygen atoms in total. The van der Waals surface area contributed by atoms with Crippen LogP contribution in [0.2, 0.25) is 0 Å². The second-order valence-electron chi connectivity index (χ2n) is 6.03. The van der Waals surface area contributed by atoms with Crippen molar-refractivity contribution in [2.24, 2.45) is 0 Å². The standard InChI is InChI=1S/C17H20N2O4S/c1-11-18-14(10-24-11)15-8-12(9-23-15)17(22)19-7-3-2-4-13(19)5-6-16(20)21/h8-10,13H,2-7H2,1H3,(H,20,21). The average Bonchev–Trinajstić information content (AvgIpc) is 3.21. The zero-order valence-electron chi connectivity index (χ0n) is 13.5. The molecule has 24 heavy (non-hydrogen) atoms. The Hall–Kier alpha value is -2.15. The number of amides is 1. The van der Waals surface area contributed by atoms with Gasteiger partial charge in [0.25, 0.3) is 5.91 Å². The highest BCUT2D eigenvalue weighted by Gasteiger charge is 2.28. The van der Waals surface area contributed by atoms with Gasteiger partial charge in [0.1, 0.15) is 12.0 Å². The van der Waals surface area contributed by atoms with Crippen LogP contribution in [0.15, 0.2) is 22.1 Å². The number of likely N-dealkylation sites (tertiary alicyclic amines) is 1. The third-order valence-electron chi connectivity index (χ3n) is 4.30. The van der Waals surface area contributed by atoms with E-state index in [9.17, 15) is 9.59 Å². The van der Waals surface area contributed by atoms with Gasteiger partial charge in [0.15, 0.2) is 5.76 Å². The van der Waals surface area contributed by atoms with Gasteiger partial charge < -0.3 is 14.4 Å². The molecule has 1 amide bonds. The monoisotopic (exact) mass is 348 g/mol. The van der Waals surface area contributed by atoms with E-state index in [-0.39, 0.29) is 18.4 Å². The van der Waals surface area contributed by atoms with E-state index >= 15 is 0 Å². The molecular formula is C17H20N2O4S. The number of carboxylic acids is 1. The number of furan rings is 1. The first-order valence-corrected chi connectivity index (χ1v) is 8.96. The molecule has 3 rings (SSSR count). The van der Waals surface area contributed by atoms with Crippen LogP contribution < -0.4 is 0 Å². The molecule has 128 valence electrons. The molecule has 1 N–H and O–H groups in total. The number of aliphatic carboxylic acids is 1. The number of carboxylic acid groups (broad SMARTS) is 1. The van der Waals surface area contributed by atoms with Gasteiger partial charge in [0.2, 0.25) is 0 Å². The number of nitrogens with zero attached hydrogens (tertiary/aromatic N) is 2. The van der Waals surface area contributed by atoms with Gasteiger partial charge >= 0.3 is 5.97 Å². The Balaban J connectivity index is 1.74. The fourth-order valence-electron chi connectivity index (χ4n) is 3.08. The van der Waals surface area contributed by atoms with Crippen LogP contribution in [-0.4, -0.2) is 39.5 Å². The zero-order chi connectivity index (χ0) is 17.1. The van der Waals surface area contributed by atoms with Crippen LogP contribution in [0.5, 0.6) is 0 Å². The van der Waals surface area contributed by atoms with Gasteiger partial charge in [-0.1, -0.05) is 0 Å². The summed E-state index contributed by atoms with van der Waals surface area (Å²) in [7, 11) is 0. The van der Waals surface area contributed by atoms with Crippen molar-refractivity contribution < 1.29 is 19.1 Å². The Morgan fingerprint density at radius 2 is 2.29 bits per heavy atom. The molecule has 1 unspecified atom stereocenters. The minimum atomic E-state index is -0.822. The van der Waals surface area contributed by atoms with Crippen molar-refractivity contribution in [2.75, 3.05) is 6.54 Å². The Morgan fingerprint density at radius 1 is 1.46 bits per heavy atom. The van der Waals surface area contributed by atoms with E-state index in [1.54, 1.807) is 11.0 Å². The van der Waals surface area contributed by atoms with Crippen molar-refractivity contribution in [3.05, 3.63) is 28.3 Å². The first-order chi connectivity index (χ1) is 11.5. The molecule has 0 bridgehead atoms. The van der Waals surface area contributed by atoms with Gasteiger partial charge in [-0.2, -0.15) is 0 Å². The van der Waals surface area contributed by atoms with E-state index in [1.807, 2.05) is 12.3 Å². The summed E-state index contributed by atoms with van der Waals surface area (Å²) in [6, 6.07) is 1.71. The topological polar surface area (TPSA) is 83.6 Å². The first-order valence-electron chi connectivity index (χ1n) is 8.08. The molecule has 0 radical (unpaired) electrons. The maximum atomic E-state index is 12.8. The predicted octanol–water partition coefficient (Wildman–Crippen LogP) is 3.57. The SMILES string of the molecule is Cc1nc(-c2cc(C(=O)N3CCCCC3CCC(=O)O)co2)cs1. The summed E-state index contributed by atoms with van der Waals surface area (Å²) in [4.78, 5) is 29.8. The maximum Gasteiger partial charge on any atom is 0.303 e. The molecule has 2 aromatic heterocycles. The summed E-state index contributed by atoms with van der Waals surface area (Å²) in [5, 5.41) is 11.7. The summed E-state index contributed by atoms with van der Waals surface area (Å²) in [5.41, 5.74) is 1.23. The van der Waals surface area contributed by atoms with Gasteiger partial charge in [-0.25, -0.2) is 4.98 Å². The number of piperidine rings is 1. The Morgan fingerprint density at radius 3 is 3.00 bits per heavy atom. The highest BCUT2D eigenvalue weighted by molar-refractivity contribution is 7.09. The number of aryl methyl sites for hydroxylation is 1. The molecule has 3 heterocycles. The van der Waals surface area contributed by atoms with Crippen LogP contribution in [0.4, 0.5) is 0 Å². The molecule has 0 aliphatic carbocycles. The molecule has 0 aromatic carbocycles. The number of hydrogen-bond donors (Lipinski definition) is 1. The summed E-state index contributed by atoms with van der Waals surface area (Å²) in [6.45, 7) is 2.59. The molecule has 0 saturated carbocycles. The average molecular weight is 348 g/mol. The van der Waals surface area contributed by atoms with Crippen LogP contribution in [0.1, 0.15) is 47.5 Å². The Kier molecular flexibility index (Phi) is 4.99. The van der Waals surface area contributed by atoms with Crippen molar-refractivity contribution in [2.45, 2.75) is 45.1 Å². The molecule has 1 fully saturated rings. The van der Waals surface area contributed by atoms with Crippen molar-refractivity contribution in [1.29, 1.82) is 0 Å². The quantitative estimate of drug-likeness (QED) is 0.893. The minimum absolute atomic E-state index is 0.0118. The zero-order valence-corrected chi connectivity index (χ0v) is 14.3. The number of carbonyl (C=O) groups is 2. The number of aromatic nitrogens is 1. The lowest BCUT2D eigenvalue weighted by atomic mass is 9.97. The van der Waals surface area contributed by atoms with Gasteiger partial charge in [0.05, 0.1) is 10.6 Å². The third-order valence-corrected chi connectivity index (χ3v) is 5.07. The molecule has 1 atom stereocenters. The molecule has 2 aromatic rings. The van der Waals surface area contributed by atoms with Gasteiger partial charge in [0, 0.05) is 24.4 Å². The summed E-state index contributed by atoms with van der Waals surface area (Å²) >= 11 is 1.53. The summed E-state index contributed by atoms with van der Waals surface area (Å²) < 4.78 is 5.51. The lowest BCUT2D eigenvalue weighted by Crippen LogP contribution is -2.43. The fourth-order valence-corrected chi connectivity index (χ4v) is 3.69. The fraction of sp³-hybridized carbons (Fsp3) is 0.471. The largest absolute Gasteiger partial charge is 0.481 e. The lowest BCUT2D eigenvalue weighted by Gasteiger charge is -2.35. The maximum absolute atomic E-state index is 12.8. The number of thiazole rings is 1. The van der Waals surface area contributed by atoms with Gasteiger partial charge in [-0.05, 0) is 38.7 Å². The van der Waals surface area contributed by atoms with Crippen LogP contribution in [0, 0.1) is 6.92 Å². The summed E-state index contributed by atoms with van der Waals surface area (Å²) in [5.74, 6) is -0.327. The van der Waals surface area contributed by atoms with Crippen LogP contribution in [0.3, 0.4) is 0 Å². The number of carbonyl (C=O) groups excluding carboxylic acids is 1. The first kappa shape index (κ1) is 16.7. The smallest absolute Gasteiger partial charge is 0.303 e. The number of hydrogen-bond acceptors (Lipinski definition) is 5. The van der Waals surface area contributed by atoms with Crippen LogP contribution in [0.25, 0.3) is 11.5 Å². The van der Waals surface area contributed by atoms with E-state index in [0.29, 0.717) is 24.3 Å². The van der Waals surface area contributed by atoms with Crippen molar-refractivity contribution >= 4 is 23.2 Å². The predicted molar refractivity (Wildman–Crippen MR) is 90.1 cm³/mol. The second-order valence-corrected chi connectivity index (χ2v) is 7.09. The lowest BCUT2D eigenvalue weighted by molar-refractivity contribution is -0.137. The Labute approximate surface area is 144 Å². The van der Waals surface area contributed by atoms with Gasteiger partial charge in [-0.3, -0.25) is 9.59 Å². The van der Waals surface area contributed by atoms with Gasteiger partial charge in [-0.15, -0.1) is 11.3 Å². The molecular weight excluding hydrogens is 328 g/mol. The number of rotatable bonds is 5. The highest BCUT2D eigenvalue weighted by atomic mass is 32.1. The van der Waals surface area contributed by atoms with E-state index in [0.717, 1.165) is 30.0 Å². The van der Waals surface area contributed by atoms with Crippen molar-refractivity contribution in [3.8, 4) is 11.5 Å².